The summed E-state index contributed by atoms with van der Waals surface area (Å²) in [5.41, 5.74) is 6.38. The van der Waals surface area contributed by atoms with Gasteiger partial charge in [-0.3, -0.25) is 9.78 Å². The average molecular weight is 463 g/mol. The van der Waals surface area contributed by atoms with Crippen molar-refractivity contribution in [2.24, 2.45) is 5.10 Å². The van der Waals surface area contributed by atoms with Crippen LogP contribution in [0, 0.1) is 0 Å². The highest BCUT2D eigenvalue weighted by Crippen LogP contribution is 2.41. The number of hydrazone groups is 1. The van der Waals surface area contributed by atoms with Gasteiger partial charge in [0.05, 0.1) is 33.1 Å². The molecule has 1 aliphatic rings. The van der Waals surface area contributed by atoms with Gasteiger partial charge in [0, 0.05) is 25.7 Å². The largest absolute Gasteiger partial charge is 0.493 e. The van der Waals surface area contributed by atoms with Crippen molar-refractivity contribution in [1.82, 2.24) is 15.7 Å². The van der Waals surface area contributed by atoms with Crippen molar-refractivity contribution in [3.8, 4) is 28.7 Å². The van der Waals surface area contributed by atoms with Crippen molar-refractivity contribution < 1.29 is 23.7 Å². The quantitative estimate of drug-likeness (QED) is 0.526. The van der Waals surface area contributed by atoms with E-state index in [9.17, 15) is 4.79 Å². The van der Waals surface area contributed by atoms with Crippen molar-refractivity contribution in [2.75, 3.05) is 28.4 Å². The van der Waals surface area contributed by atoms with E-state index in [2.05, 4.69) is 20.8 Å². The lowest BCUT2D eigenvalue weighted by Crippen LogP contribution is -2.18. The first-order valence-electron chi connectivity index (χ1n) is 10.6. The van der Waals surface area contributed by atoms with Gasteiger partial charge in [-0.2, -0.15) is 5.10 Å². The summed E-state index contributed by atoms with van der Waals surface area (Å²) in [6, 6.07) is 14.8. The average Bonchev–Trinajstić information content (AvgIpc) is 3.38. The number of benzene rings is 2. The van der Waals surface area contributed by atoms with Crippen LogP contribution in [0.3, 0.4) is 0 Å². The third kappa shape index (κ3) is 4.73. The molecule has 1 aromatic heterocycles. The van der Waals surface area contributed by atoms with E-state index in [0.717, 1.165) is 16.8 Å². The topological polar surface area (TPSA) is 103 Å². The highest BCUT2D eigenvalue weighted by Gasteiger charge is 2.24. The van der Waals surface area contributed by atoms with Crippen LogP contribution in [-0.4, -0.2) is 45.0 Å². The van der Waals surface area contributed by atoms with Crippen LogP contribution in [0.25, 0.3) is 0 Å². The van der Waals surface area contributed by atoms with Crippen LogP contribution in [0.5, 0.6) is 28.7 Å². The fourth-order valence-electron chi connectivity index (χ4n) is 3.70. The minimum atomic E-state index is -0.269. The van der Waals surface area contributed by atoms with Crippen molar-refractivity contribution in [3.63, 3.8) is 0 Å². The molecule has 0 spiro atoms. The zero-order chi connectivity index (χ0) is 24.1. The molecular weight excluding hydrogens is 436 g/mol. The molecule has 176 valence electrons. The fourth-order valence-corrected chi connectivity index (χ4v) is 3.70. The summed E-state index contributed by atoms with van der Waals surface area (Å²) in [5, 5.41) is 7.08. The molecule has 1 unspecified atom stereocenters. The van der Waals surface area contributed by atoms with Crippen molar-refractivity contribution in [3.05, 3.63) is 71.5 Å². The highest BCUT2D eigenvalue weighted by molar-refractivity contribution is 6.02. The second-order valence-corrected chi connectivity index (χ2v) is 7.49. The smallest absolute Gasteiger partial charge is 0.269 e. The predicted octanol–water partition coefficient (Wildman–Crippen LogP) is 3.70. The van der Waals surface area contributed by atoms with E-state index < -0.39 is 0 Å². The van der Waals surface area contributed by atoms with Crippen molar-refractivity contribution in [2.45, 2.75) is 12.5 Å². The molecule has 1 amide bonds. The van der Waals surface area contributed by atoms with Gasteiger partial charge in [-0.25, -0.2) is 0 Å². The number of pyridine rings is 1. The number of nitrogens with one attached hydrogen (secondary N) is 2. The molecule has 2 N–H and O–H groups in total. The maximum absolute atomic E-state index is 11.8. The first-order valence-corrected chi connectivity index (χ1v) is 10.6. The van der Waals surface area contributed by atoms with E-state index in [-0.39, 0.29) is 11.9 Å². The normalized spacial score (nSPS) is 14.6. The number of methoxy groups -OCH3 is 3. The molecule has 0 bridgehead atoms. The van der Waals surface area contributed by atoms with Gasteiger partial charge in [0.15, 0.2) is 11.5 Å². The number of ether oxygens (including phenoxy) is 4. The second-order valence-electron chi connectivity index (χ2n) is 7.49. The van der Waals surface area contributed by atoms with Gasteiger partial charge in [-0.15, -0.1) is 0 Å². The molecule has 0 saturated heterocycles. The molecule has 9 nitrogen and oxygen atoms in total. The lowest BCUT2D eigenvalue weighted by atomic mass is 9.98. The Morgan fingerprint density at radius 1 is 0.971 bits per heavy atom. The summed E-state index contributed by atoms with van der Waals surface area (Å²) >= 11 is 0. The molecule has 2 heterocycles. The zero-order valence-electron chi connectivity index (χ0n) is 19.4. The molecule has 0 aliphatic carbocycles. The number of hydrogen-bond acceptors (Lipinski definition) is 8. The molecule has 1 aliphatic heterocycles. The van der Waals surface area contributed by atoms with Gasteiger partial charge in [-0.05, 0) is 53.6 Å². The van der Waals surface area contributed by atoms with Crippen LogP contribution in [0.4, 0.5) is 0 Å². The van der Waals surface area contributed by atoms with E-state index >= 15 is 0 Å². The number of rotatable bonds is 8. The molecule has 2 aromatic carbocycles. The van der Waals surface area contributed by atoms with Gasteiger partial charge in [0.25, 0.3) is 5.91 Å². The lowest BCUT2D eigenvalue weighted by molar-refractivity contribution is 0.0958. The zero-order valence-corrected chi connectivity index (χ0v) is 19.4. The Morgan fingerprint density at radius 2 is 1.68 bits per heavy atom. The second kappa shape index (κ2) is 10.1. The first-order chi connectivity index (χ1) is 16.6. The standard InChI is InChI=1S/C25H26N4O5/c1-26-25(30)21-13-18(9-10-27-21)34-17-7-5-15(6-8-17)19-14-20(29-28-19)16-11-22(31-2)24(33-4)23(12-16)32-3/h5-13,20,29H,14H2,1-4H3,(H,26,30). The fraction of sp³-hybridized carbons (Fsp3) is 0.240. The summed E-state index contributed by atoms with van der Waals surface area (Å²) < 4.78 is 22.2. The van der Waals surface area contributed by atoms with Crippen molar-refractivity contribution in [1.29, 1.82) is 0 Å². The summed E-state index contributed by atoms with van der Waals surface area (Å²) in [5.74, 6) is 2.66. The Morgan fingerprint density at radius 3 is 2.29 bits per heavy atom. The number of carbonyl (C=O) groups excluding carboxylic acids is 1. The third-order valence-corrected chi connectivity index (χ3v) is 5.46. The van der Waals surface area contributed by atoms with Crippen LogP contribution in [0.2, 0.25) is 0 Å². The number of aromatic nitrogens is 1. The number of hydrogen-bond donors (Lipinski definition) is 2. The van der Waals surface area contributed by atoms with Gasteiger partial charge >= 0.3 is 0 Å². The summed E-state index contributed by atoms with van der Waals surface area (Å²) in [7, 11) is 6.33. The Kier molecular flexibility index (Phi) is 6.82. The molecule has 3 aromatic rings. The van der Waals surface area contributed by atoms with E-state index in [0.29, 0.717) is 40.9 Å². The third-order valence-electron chi connectivity index (χ3n) is 5.46. The Hall–Kier alpha value is -4.27. The molecule has 1 atom stereocenters. The molecular formula is C25H26N4O5. The SMILES string of the molecule is CNC(=O)c1cc(Oc2ccc(C3=NNC(c4cc(OC)c(OC)c(OC)c4)C3)cc2)ccn1. The molecule has 0 saturated carbocycles. The molecule has 9 heteroatoms. The van der Waals surface area contributed by atoms with Gasteiger partial charge < -0.3 is 29.7 Å². The van der Waals surface area contributed by atoms with Crippen LogP contribution in [-0.2, 0) is 0 Å². The Labute approximate surface area is 197 Å². The monoisotopic (exact) mass is 462 g/mol. The molecule has 0 fully saturated rings. The van der Waals surface area contributed by atoms with Crippen LogP contribution >= 0.6 is 0 Å². The molecule has 34 heavy (non-hydrogen) atoms. The van der Waals surface area contributed by atoms with Gasteiger partial charge in [0.1, 0.15) is 17.2 Å². The number of nitrogens with zero attached hydrogens (tertiary/aromatic N) is 2. The molecule has 0 radical (unpaired) electrons. The van der Waals surface area contributed by atoms with Crippen LogP contribution in [0.15, 0.2) is 59.8 Å². The number of carbonyl (C=O) groups is 1. The highest BCUT2D eigenvalue weighted by atomic mass is 16.5. The van der Waals surface area contributed by atoms with Gasteiger partial charge in [0.2, 0.25) is 5.75 Å². The maximum Gasteiger partial charge on any atom is 0.269 e. The first kappa shape index (κ1) is 22.9. The summed E-state index contributed by atoms with van der Waals surface area (Å²) in [6.07, 6.45) is 2.23. The minimum Gasteiger partial charge on any atom is -0.493 e. The number of amides is 1. The van der Waals surface area contributed by atoms with E-state index in [4.69, 9.17) is 18.9 Å². The van der Waals surface area contributed by atoms with E-state index in [1.807, 2.05) is 36.4 Å². The van der Waals surface area contributed by atoms with E-state index in [1.165, 1.54) is 6.20 Å². The Bertz CT molecular complexity index is 1190. The molecule has 4 rings (SSSR count). The van der Waals surface area contributed by atoms with Crippen LogP contribution in [0.1, 0.15) is 34.1 Å². The van der Waals surface area contributed by atoms with Crippen LogP contribution < -0.4 is 29.7 Å². The van der Waals surface area contributed by atoms with Gasteiger partial charge in [-0.1, -0.05) is 0 Å². The lowest BCUT2D eigenvalue weighted by Gasteiger charge is -2.17. The Balaban J connectivity index is 1.46. The maximum atomic E-state index is 11.8. The van der Waals surface area contributed by atoms with E-state index in [1.54, 1.807) is 40.5 Å². The predicted molar refractivity (Wildman–Crippen MR) is 127 cm³/mol. The summed E-state index contributed by atoms with van der Waals surface area (Å²) in [4.78, 5) is 15.8. The minimum absolute atomic E-state index is 0.0282. The van der Waals surface area contributed by atoms with Crippen molar-refractivity contribution >= 4 is 11.6 Å². The summed E-state index contributed by atoms with van der Waals surface area (Å²) in [6.45, 7) is 0.